The van der Waals surface area contributed by atoms with Crippen LogP contribution in [0.5, 0.6) is 0 Å². The van der Waals surface area contributed by atoms with Crippen molar-refractivity contribution in [3.05, 3.63) is 0 Å². The first-order valence-electron chi connectivity index (χ1n) is 7.98. The maximum Gasteiger partial charge on any atom is 0.410 e. The molecular weight excluding hydrogens is 268 g/mol. The van der Waals surface area contributed by atoms with Crippen LogP contribution in [0.4, 0.5) is 4.79 Å². The predicted octanol–water partition coefficient (Wildman–Crippen LogP) is 2.37. The highest BCUT2D eigenvalue weighted by atomic mass is 16.6. The first-order chi connectivity index (χ1) is 9.69. The maximum absolute atomic E-state index is 12.1. The molecule has 3 N–H and O–H groups in total. The van der Waals surface area contributed by atoms with Gasteiger partial charge in [-0.05, 0) is 58.9 Å². The van der Waals surface area contributed by atoms with E-state index in [9.17, 15) is 9.90 Å². The van der Waals surface area contributed by atoms with E-state index in [2.05, 4.69) is 0 Å². The van der Waals surface area contributed by atoms with Gasteiger partial charge in [-0.1, -0.05) is 6.92 Å². The predicted molar refractivity (Wildman–Crippen MR) is 84.0 cm³/mol. The Morgan fingerprint density at radius 2 is 2.05 bits per heavy atom. The van der Waals surface area contributed by atoms with Gasteiger partial charge in [-0.15, -0.1) is 0 Å². The fourth-order valence-corrected chi connectivity index (χ4v) is 2.59. The van der Waals surface area contributed by atoms with Crippen molar-refractivity contribution in [3.63, 3.8) is 0 Å². The van der Waals surface area contributed by atoms with Gasteiger partial charge < -0.3 is 20.5 Å². The Bertz CT molecular complexity index is 335. The molecule has 0 aromatic rings. The fourth-order valence-electron chi connectivity index (χ4n) is 2.59. The Kier molecular flexibility index (Phi) is 6.47. The highest BCUT2D eigenvalue weighted by molar-refractivity contribution is 5.68. The van der Waals surface area contributed by atoms with E-state index in [1.807, 2.05) is 32.6 Å². The number of amides is 1. The van der Waals surface area contributed by atoms with Crippen LogP contribution in [0, 0.1) is 11.3 Å². The fraction of sp³-hybridized carbons (Fsp3) is 0.938. The molecule has 5 nitrogen and oxygen atoms in total. The molecule has 124 valence electrons. The first kappa shape index (κ1) is 18.2. The summed E-state index contributed by atoms with van der Waals surface area (Å²) in [4.78, 5) is 13.9. The van der Waals surface area contributed by atoms with E-state index in [-0.39, 0.29) is 18.1 Å². The molecule has 5 heteroatoms. The van der Waals surface area contributed by atoms with Crippen LogP contribution in [0.3, 0.4) is 0 Å². The van der Waals surface area contributed by atoms with Crippen molar-refractivity contribution in [1.82, 2.24) is 4.90 Å². The van der Waals surface area contributed by atoms with Gasteiger partial charge >= 0.3 is 6.09 Å². The van der Waals surface area contributed by atoms with Crippen LogP contribution >= 0.6 is 0 Å². The van der Waals surface area contributed by atoms with E-state index in [0.717, 1.165) is 38.8 Å². The molecule has 0 spiro atoms. The van der Waals surface area contributed by atoms with Crippen molar-refractivity contribution < 1.29 is 14.6 Å². The van der Waals surface area contributed by atoms with Crippen molar-refractivity contribution in [1.29, 1.82) is 0 Å². The van der Waals surface area contributed by atoms with Crippen LogP contribution in [0.1, 0.15) is 53.4 Å². The Morgan fingerprint density at radius 1 is 1.38 bits per heavy atom. The molecule has 0 aromatic carbocycles. The second-order valence-electron chi connectivity index (χ2n) is 7.65. The van der Waals surface area contributed by atoms with Crippen LogP contribution in [0.25, 0.3) is 0 Å². The van der Waals surface area contributed by atoms with E-state index in [1.54, 1.807) is 0 Å². The number of nitrogens with two attached hydrogens (primary N) is 1. The Morgan fingerprint density at radius 3 is 2.57 bits per heavy atom. The summed E-state index contributed by atoms with van der Waals surface area (Å²) in [7, 11) is 0. The first-order valence-corrected chi connectivity index (χ1v) is 7.98. The third-order valence-electron chi connectivity index (χ3n) is 4.20. The van der Waals surface area contributed by atoms with E-state index < -0.39 is 5.60 Å². The summed E-state index contributed by atoms with van der Waals surface area (Å²) in [5.41, 5.74) is 5.09. The second-order valence-corrected chi connectivity index (χ2v) is 7.65. The van der Waals surface area contributed by atoms with Crippen LogP contribution in [-0.4, -0.2) is 47.9 Å². The summed E-state index contributed by atoms with van der Waals surface area (Å²) in [5.74, 6) is 0.476. The second kappa shape index (κ2) is 7.45. The number of hydrogen-bond donors (Lipinski definition) is 2. The van der Waals surface area contributed by atoms with Crippen molar-refractivity contribution in [3.8, 4) is 0 Å². The summed E-state index contributed by atoms with van der Waals surface area (Å²) in [6.07, 6.45) is 3.82. The van der Waals surface area contributed by atoms with Gasteiger partial charge in [-0.2, -0.15) is 0 Å². The van der Waals surface area contributed by atoms with Gasteiger partial charge in [0.05, 0.1) is 0 Å². The molecule has 1 heterocycles. The van der Waals surface area contributed by atoms with Gasteiger partial charge in [0, 0.05) is 25.1 Å². The third-order valence-corrected chi connectivity index (χ3v) is 4.20. The van der Waals surface area contributed by atoms with Gasteiger partial charge in [-0.3, -0.25) is 0 Å². The van der Waals surface area contributed by atoms with Crippen molar-refractivity contribution in [2.45, 2.75) is 59.0 Å². The minimum atomic E-state index is -0.445. The molecule has 1 saturated heterocycles. The zero-order chi connectivity index (χ0) is 16.1. The van der Waals surface area contributed by atoms with Gasteiger partial charge in [0.15, 0.2) is 0 Å². The van der Waals surface area contributed by atoms with Crippen LogP contribution in [-0.2, 0) is 4.74 Å². The number of carbonyl (C=O) groups is 1. The minimum Gasteiger partial charge on any atom is -0.444 e. The van der Waals surface area contributed by atoms with E-state index in [0.29, 0.717) is 12.5 Å². The molecule has 1 amide bonds. The van der Waals surface area contributed by atoms with Crippen LogP contribution < -0.4 is 5.73 Å². The number of hydrogen-bond acceptors (Lipinski definition) is 4. The van der Waals surface area contributed by atoms with E-state index in [1.165, 1.54) is 0 Å². The molecular formula is C16H32N2O3. The molecule has 2 atom stereocenters. The van der Waals surface area contributed by atoms with Crippen molar-refractivity contribution in [2.75, 3.05) is 26.2 Å². The minimum absolute atomic E-state index is 0.117. The lowest BCUT2D eigenvalue weighted by Crippen LogP contribution is -2.43. The summed E-state index contributed by atoms with van der Waals surface area (Å²) in [5, 5.41) is 9.42. The number of rotatable bonds is 5. The zero-order valence-electron chi connectivity index (χ0n) is 14.0. The molecule has 1 fully saturated rings. The van der Waals surface area contributed by atoms with Gasteiger partial charge in [0.1, 0.15) is 5.60 Å². The number of ether oxygens (including phenoxy) is 1. The lowest BCUT2D eigenvalue weighted by Gasteiger charge is -2.35. The number of aliphatic hydroxyl groups excluding tert-OH is 1. The Balaban J connectivity index is 2.47. The number of piperidine rings is 1. The molecule has 0 saturated carbocycles. The summed E-state index contributed by atoms with van der Waals surface area (Å²) < 4.78 is 5.44. The van der Waals surface area contributed by atoms with Crippen LogP contribution in [0.2, 0.25) is 0 Å². The highest BCUT2D eigenvalue weighted by Gasteiger charge is 2.29. The molecule has 21 heavy (non-hydrogen) atoms. The van der Waals surface area contributed by atoms with Crippen LogP contribution in [0.15, 0.2) is 0 Å². The third kappa shape index (κ3) is 6.22. The number of likely N-dealkylation sites (tertiary alicyclic amines) is 1. The van der Waals surface area contributed by atoms with Gasteiger partial charge in [0.2, 0.25) is 0 Å². The molecule has 0 aromatic heterocycles. The van der Waals surface area contributed by atoms with Gasteiger partial charge in [0.25, 0.3) is 0 Å². The number of nitrogens with zero attached hydrogens (tertiary/aromatic N) is 1. The van der Waals surface area contributed by atoms with Crippen molar-refractivity contribution in [2.24, 2.45) is 17.1 Å². The summed E-state index contributed by atoms with van der Waals surface area (Å²) in [6, 6.07) is 0. The average molecular weight is 300 g/mol. The standard InChI is InChI=1S/C16H32N2O3/c1-15(2,3)21-14(20)18-9-5-6-13(10-18)7-8-16(4,11-17)12-19/h13,19H,5-12,17H2,1-4H3. The lowest BCUT2D eigenvalue weighted by atomic mass is 9.81. The normalized spacial score (nSPS) is 22.8. The zero-order valence-corrected chi connectivity index (χ0v) is 14.0. The smallest absolute Gasteiger partial charge is 0.410 e. The molecule has 0 bridgehead atoms. The monoisotopic (exact) mass is 300 g/mol. The quantitative estimate of drug-likeness (QED) is 0.817. The molecule has 2 unspecified atom stereocenters. The molecule has 0 radical (unpaired) electrons. The molecule has 1 aliphatic heterocycles. The molecule has 1 rings (SSSR count). The maximum atomic E-state index is 12.1. The van der Waals surface area contributed by atoms with Gasteiger partial charge in [-0.25, -0.2) is 4.79 Å². The largest absolute Gasteiger partial charge is 0.444 e. The Labute approximate surface area is 128 Å². The summed E-state index contributed by atoms with van der Waals surface area (Å²) in [6.45, 7) is 9.82. The highest BCUT2D eigenvalue weighted by Crippen LogP contribution is 2.28. The van der Waals surface area contributed by atoms with E-state index >= 15 is 0 Å². The summed E-state index contributed by atoms with van der Waals surface area (Å²) >= 11 is 0. The van der Waals surface area contributed by atoms with E-state index in [4.69, 9.17) is 10.5 Å². The number of aliphatic hydroxyl groups is 1. The SMILES string of the molecule is CC(CN)(CO)CCC1CCCN(C(=O)OC(C)(C)C)C1. The van der Waals surface area contributed by atoms with Crippen molar-refractivity contribution >= 4 is 6.09 Å². The lowest BCUT2D eigenvalue weighted by molar-refractivity contribution is 0.0150. The molecule has 1 aliphatic rings. The topological polar surface area (TPSA) is 75.8 Å². The Hall–Kier alpha value is -0.810. The average Bonchev–Trinajstić information content (AvgIpc) is 2.43. The number of carbonyl (C=O) groups excluding carboxylic acids is 1. The molecule has 0 aliphatic carbocycles.